The summed E-state index contributed by atoms with van der Waals surface area (Å²) < 4.78 is 27.7. The molecule has 0 N–H and O–H groups in total. The van der Waals surface area contributed by atoms with E-state index in [0.29, 0.717) is 18.4 Å². The zero-order valence-electron chi connectivity index (χ0n) is 10.4. The number of hydrogen-bond donors (Lipinski definition) is 0. The SMILES string of the molecule is CCOP(=O)(OCC)OC1CCC(C#N)=C1C. The summed E-state index contributed by atoms with van der Waals surface area (Å²) in [6.45, 7) is 5.80. The van der Waals surface area contributed by atoms with Gasteiger partial charge in [-0.3, -0.25) is 13.6 Å². The Kier molecular flexibility index (Phi) is 5.35. The number of rotatable bonds is 6. The Hall–Kier alpha value is -0.660. The molecule has 1 unspecified atom stereocenters. The highest BCUT2D eigenvalue weighted by molar-refractivity contribution is 7.48. The van der Waals surface area contributed by atoms with Crippen molar-refractivity contribution in [3.63, 3.8) is 0 Å². The summed E-state index contributed by atoms with van der Waals surface area (Å²) in [6, 6.07) is 2.12. The van der Waals surface area contributed by atoms with Gasteiger partial charge in [0.2, 0.25) is 0 Å². The third kappa shape index (κ3) is 3.65. The third-order valence-corrected chi connectivity index (χ3v) is 4.24. The number of phosphoric acid groups is 1. The van der Waals surface area contributed by atoms with Crippen molar-refractivity contribution in [1.82, 2.24) is 0 Å². The van der Waals surface area contributed by atoms with Crippen LogP contribution in [0.2, 0.25) is 0 Å². The molecule has 0 heterocycles. The lowest BCUT2D eigenvalue weighted by atomic mass is 10.2. The molecular weight excluding hydrogens is 241 g/mol. The van der Waals surface area contributed by atoms with Crippen LogP contribution in [0.3, 0.4) is 0 Å². The van der Waals surface area contributed by atoms with Gasteiger partial charge in [0.1, 0.15) is 0 Å². The molecular formula is C11H18NO4P. The van der Waals surface area contributed by atoms with Gasteiger partial charge in [0.05, 0.1) is 25.4 Å². The minimum absolute atomic E-state index is 0.262. The van der Waals surface area contributed by atoms with E-state index in [1.54, 1.807) is 13.8 Å². The minimum atomic E-state index is -3.49. The van der Waals surface area contributed by atoms with E-state index in [9.17, 15) is 4.57 Å². The number of hydrogen-bond acceptors (Lipinski definition) is 5. The summed E-state index contributed by atoms with van der Waals surface area (Å²) in [6.07, 6.45) is 0.970. The Morgan fingerprint density at radius 2 is 2.00 bits per heavy atom. The van der Waals surface area contributed by atoms with Crippen molar-refractivity contribution < 1.29 is 18.1 Å². The summed E-state index contributed by atoms with van der Waals surface area (Å²) in [4.78, 5) is 0. The van der Waals surface area contributed by atoms with E-state index in [4.69, 9.17) is 18.8 Å². The van der Waals surface area contributed by atoms with Gasteiger partial charge in [0.15, 0.2) is 0 Å². The Morgan fingerprint density at radius 1 is 1.41 bits per heavy atom. The van der Waals surface area contributed by atoms with E-state index in [-0.39, 0.29) is 19.3 Å². The number of phosphoric ester groups is 1. The van der Waals surface area contributed by atoms with Crippen LogP contribution in [0.5, 0.6) is 0 Å². The van der Waals surface area contributed by atoms with Crippen LogP contribution in [0.1, 0.15) is 33.6 Å². The second-order valence-corrected chi connectivity index (χ2v) is 5.31. The Morgan fingerprint density at radius 3 is 2.41 bits per heavy atom. The highest BCUT2D eigenvalue weighted by Gasteiger charge is 2.34. The molecule has 1 rings (SSSR count). The van der Waals surface area contributed by atoms with Gasteiger partial charge in [-0.15, -0.1) is 0 Å². The van der Waals surface area contributed by atoms with E-state index in [1.165, 1.54) is 0 Å². The fraction of sp³-hybridized carbons (Fsp3) is 0.727. The molecule has 17 heavy (non-hydrogen) atoms. The molecule has 1 aliphatic rings. The molecule has 5 nitrogen and oxygen atoms in total. The zero-order chi connectivity index (χ0) is 12.9. The zero-order valence-corrected chi connectivity index (χ0v) is 11.3. The van der Waals surface area contributed by atoms with Gasteiger partial charge >= 0.3 is 7.82 Å². The second-order valence-electron chi connectivity index (χ2n) is 3.69. The van der Waals surface area contributed by atoms with Crippen LogP contribution in [0.25, 0.3) is 0 Å². The van der Waals surface area contributed by atoms with E-state index < -0.39 is 7.82 Å². The average molecular weight is 259 g/mol. The maximum atomic E-state index is 12.1. The first-order valence-electron chi connectivity index (χ1n) is 5.73. The van der Waals surface area contributed by atoms with E-state index >= 15 is 0 Å². The molecule has 0 amide bonds. The molecule has 1 aliphatic carbocycles. The van der Waals surface area contributed by atoms with E-state index in [0.717, 1.165) is 5.57 Å². The Labute approximate surface area is 102 Å². The average Bonchev–Trinajstić information content (AvgIpc) is 2.60. The first-order valence-corrected chi connectivity index (χ1v) is 7.19. The first-order chi connectivity index (χ1) is 8.06. The quantitative estimate of drug-likeness (QED) is 0.685. The van der Waals surface area contributed by atoms with Crippen molar-refractivity contribution in [3.05, 3.63) is 11.1 Å². The molecule has 0 aromatic heterocycles. The lowest BCUT2D eigenvalue weighted by Crippen LogP contribution is -2.12. The molecule has 0 spiro atoms. The van der Waals surface area contributed by atoms with Gasteiger partial charge in [-0.2, -0.15) is 5.26 Å². The molecule has 0 aromatic carbocycles. The van der Waals surface area contributed by atoms with Crippen molar-refractivity contribution in [2.45, 2.75) is 39.7 Å². The molecule has 0 radical (unpaired) electrons. The fourth-order valence-corrected chi connectivity index (χ4v) is 3.13. The van der Waals surface area contributed by atoms with E-state index in [1.807, 2.05) is 6.92 Å². The van der Waals surface area contributed by atoms with Crippen molar-refractivity contribution in [3.8, 4) is 6.07 Å². The van der Waals surface area contributed by atoms with Gasteiger partial charge < -0.3 is 0 Å². The molecule has 0 bridgehead atoms. The summed E-state index contributed by atoms with van der Waals surface area (Å²) in [5.41, 5.74) is 1.53. The predicted octanol–water partition coefficient (Wildman–Crippen LogP) is 3.19. The monoisotopic (exact) mass is 259 g/mol. The van der Waals surface area contributed by atoms with Crippen LogP contribution in [-0.2, 0) is 18.1 Å². The maximum absolute atomic E-state index is 12.1. The smallest absolute Gasteiger partial charge is 0.287 e. The van der Waals surface area contributed by atoms with Crippen molar-refractivity contribution in [2.24, 2.45) is 0 Å². The minimum Gasteiger partial charge on any atom is -0.287 e. The Bertz CT molecular complexity index is 375. The van der Waals surface area contributed by atoms with Crippen molar-refractivity contribution in [1.29, 1.82) is 5.26 Å². The number of nitrogens with zero attached hydrogens (tertiary/aromatic N) is 1. The van der Waals surface area contributed by atoms with Crippen LogP contribution >= 0.6 is 7.82 Å². The standard InChI is InChI=1S/C11H18NO4P/c1-4-14-17(13,15-5-2)16-11-7-6-10(8-12)9(11)3/h11H,4-7H2,1-3H3. The molecule has 6 heteroatoms. The molecule has 0 saturated carbocycles. The summed E-state index contributed by atoms with van der Waals surface area (Å²) in [7, 11) is -3.49. The number of allylic oxidation sites excluding steroid dienone is 1. The van der Waals surface area contributed by atoms with Gasteiger partial charge in [-0.1, -0.05) is 0 Å². The van der Waals surface area contributed by atoms with Gasteiger partial charge in [0.25, 0.3) is 0 Å². The summed E-state index contributed by atoms with van der Waals surface area (Å²) in [5, 5.41) is 8.86. The lowest BCUT2D eigenvalue weighted by molar-refractivity contribution is 0.0970. The van der Waals surface area contributed by atoms with E-state index in [2.05, 4.69) is 6.07 Å². The van der Waals surface area contributed by atoms with Crippen LogP contribution < -0.4 is 0 Å². The van der Waals surface area contributed by atoms with Gasteiger partial charge in [-0.25, -0.2) is 4.57 Å². The maximum Gasteiger partial charge on any atom is 0.475 e. The second kappa shape index (κ2) is 6.32. The summed E-state index contributed by atoms with van der Waals surface area (Å²) in [5.74, 6) is 0. The van der Waals surface area contributed by atoms with Gasteiger partial charge in [-0.05, 0) is 39.2 Å². The van der Waals surface area contributed by atoms with Crippen LogP contribution in [0.4, 0.5) is 0 Å². The highest BCUT2D eigenvalue weighted by Crippen LogP contribution is 2.52. The molecule has 96 valence electrons. The molecule has 0 aromatic rings. The van der Waals surface area contributed by atoms with Crippen LogP contribution in [0.15, 0.2) is 11.1 Å². The number of nitriles is 1. The van der Waals surface area contributed by atoms with Crippen LogP contribution in [-0.4, -0.2) is 19.3 Å². The topological polar surface area (TPSA) is 68.6 Å². The normalized spacial score (nSPS) is 20.7. The summed E-state index contributed by atoms with van der Waals surface area (Å²) >= 11 is 0. The predicted molar refractivity (Wildman–Crippen MR) is 63.3 cm³/mol. The molecule has 0 aliphatic heterocycles. The first kappa shape index (κ1) is 14.4. The van der Waals surface area contributed by atoms with Crippen LogP contribution in [0, 0.1) is 11.3 Å². The third-order valence-electron chi connectivity index (χ3n) is 2.58. The van der Waals surface area contributed by atoms with Gasteiger partial charge in [0, 0.05) is 5.57 Å². The van der Waals surface area contributed by atoms with Crippen molar-refractivity contribution in [2.75, 3.05) is 13.2 Å². The highest BCUT2D eigenvalue weighted by atomic mass is 31.2. The lowest BCUT2D eigenvalue weighted by Gasteiger charge is -2.21. The Balaban J connectivity index is 2.73. The molecule has 0 fully saturated rings. The molecule has 1 atom stereocenters. The largest absolute Gasteiger partial charge is 0.475 e. The van der Waals surface area contributed by atoms with Crippen molar-refractivity contribution >= 4 is 7.82 Å². The molecule has 0 saturated heterocycles. The fourth-order valence-electron chi connectivity index (χ4n) is 1.73.